The molecule has 0 atom stereocenters. The van der Waals surface area contributed by atoms with Crippen LogP contribution in [0.2, 0.25) is 0 Å². The fraction of sp³-hybridized carbons (Fsp3) is 0. The van der Waals surface area contributed by atoms with Crippen LogP contribution in [-0.4, -0.2) is 0 Å². The van der Waals surface area contributed by atoms with Crippen LogP contribution in [0.1, 0.15) is 0 Å². The van der Waals surface area contributed by atoms with Gasteiger partial charge in [0.1, 0.15) is 0 Å². The highest BCUT2D eigenvalue weighted by atomic mass is 14.6. The molecule has 0 spiro atoms. The van der Waals surface area contributed by atoms with E-state index < -0.39 is 0 Å². The number of hydrogen-bond donors (Lipinski definition) is 2. The number of anilines is 2. The number of fused-ring (bicyclic) bond motifs is 6. The summed E-state index contributed by atoms with van der Waals surface area (Å²) in [6, 6.07) is 43.4. The van der Waals surface area contributed by atoms with Crippen LogP contribution >= 0.6 is 0 Å². The second-order valence-electron chi connectivity index (χ2n) is 10.8. The summed E-state index contributed by atoms with van der Waals surface area (Å²) in [7, 11) is 0. The maximum absolute atomic E-state index is 6.57. The van der Waals surface area contributed by atoms with E-state index in [1.807, 2.05) is 0 Å². The first-order chi connectivity index (χ1) is 19.7. The third kappa shape index (κ3) is 2.58. The number of benzene rings is 7. The van der Waals surface area contributed by atoms with Crippen molar-refractivity contribution in [1.82, 2.24) is 0 Å². The Morgan fingerprint density at radius 1 is 0.275 bits per heavy atom. The van der Waals surface area contributed by atoms with E-state index in [4.69, 9.17) is 11.5 Å². The van der Waals surface area contributed by atoms with E-state index in [-0.39, 0.29) is 0 Å². The van der Waals surface area contributed by atoms with Gasteiger partial charge in [0.15, 0.2) is 0 Å². The molecule has 40 heavy (non-hydrogen) atoms. The highest BCUT2D eigenvalue weighted by Gasteiger charge is 2.27. The van der Waals surface area contributed by atoms with Gasteiger partial charge in [0, 0.05) is 22.1 Å². The minimum Gasteiger partial charge on any atom is -0.398 e. The van der Waals surface area contributed by atoms with Gasteiger partial charge in [-0.05, 0) is 88.2 Å². The average Bonchev–Trinajstić information content (AvgIpc) is 3.51. The summed E-state index contributed by atoms with van der Waals surface area (Å²) in [6.07, 6.45) is 0. The Morgan fingerprint density at radius 3 is 1.02 bits per heavy atom. The fourth-order valence-corrected chi connectivity index (χ4v) is 7.31. The molecule has 9 rings (SSSR count). The van der Waals surface area contributed by atoms with Crippen LogP contribution in [0.5, 0.6) is 0 Å². The standard InChI is InChI=1S/C38H24N2/c39-29-19-17-27-34-24(29)14-8-16-26(34)36-32(22-11-5-2-6-12-22)38-28-18-20-30(40)23-13-7-15-25(33(23)28)35(38)31(37(27)36)21-9-3-1-4-10-21/h1-20H,39-40H2. The monoisotopic (exact) mass is 508 g/mol. The van der Waals surface area contributed by atoms with Gasteiger partial charge in [0.25, 0.3) is 0 Å². The first-order valence-corrected chi connectivity index (χ1v) is 13.7. The van der Waals surface area contributed by atoms with Crippen LogP contribution in [0, 0.1) is 0 Å². The molecule has 4 N–H and O–H groups in total. The van der Waals surface area contributed by atoms with Gasteiger partial charge in [-0.3, -0.25) is 0 Å². The van der Waals surface area contributed by atoms with E-state index in [2.05, 4.69) is 121 Å². The van der Waals surface area contributed by atoms with Crippen molar-refractivity contribution in [2.45, 2.75) is 0 Å². The lowest BCUT2D eigenvalue weighted by molar-refractivity contribution is 1.68. The van der Waals surface area contributed by atoms with Gasteiger partial charge in [-0.2, -0.15) is 0 Å². The van der Waals surface area contributed by atoms with Crippen molar-refractivity contribution in [3.05, 3.63) is 121 Å². The largest absolute Gasteiger partial charge is 0.398 e. The van der Waals surface area contributed by atoms with Crippen molar-refractivity contribution in [3.63, 3.8) is 0 Å². The van der Waals surface area contributed by atoms with Crippen LogP contribution in [0.4, 0.5) is 11.4 Å². The van der Waals surface area contributed by atoms with Crippen LogP contribution in [0.15, 0.2) is 121 Å². The molecular weight excluding hydrogens is 484 g/mol. The van der Waals surface area contributed by atoms with Gasteiger partial charge < -0.3 is 11.5 Å². The summed E-state index contributed by atoms with van der Waals surface area (Å²) >= 11 is 0. The lowest BCUT2D eigenvalue weighted by atomic mass is 9.87. The fourth-order valence-electron chi connectivity index (χ4n) is 7.31. The summed E-state index contributed by atoms with van der Waals surface area (Å²) in [6.45, 7) is 0. The lowest BCUT2D eigenvalue weighted by Crippen LogP contribution is -1.88. The summed E-state index contributed by atoms with van der Waals surface area (Å²) in [5.41, 5.74) is 19.7. The molecule has 0 unspecified atom stereocenters. The SMILES string of the molecule is Nc1ccc2c3c(-c4ccccc4)c4c5cccc6c(N)ccc(c4c(-c4ccccc4)c3c3cccc1c32)c65. The maximum atomic E-state index is 6.57. The molecule has 186 valence electrons. The molecule has 0 aliphatic rings. The Labute approximate surface area is 230 Å². The molecule has 0 aliphatic carbocycles. The number of nitrogen functional groups attached to an aromatic ring is 2. The molecule has 2 nitrogen and oxygen atoms in total. The molecule has 0 saturated carbocycles. The third-order valence-electron chi connectivity index (χ3n) is 8.85. The number of hydrogen-bond acceptors (Lipinski definition) is 2. The maximum Gasteiger partial charge on any atom is 0.0394 e. The van der Waals surface area contributed by atoms with Crippen molar-refractivity contribution < 1.29 is 0 Å². The van der Waals surface area contributed by atoms with E-state index in [0.717, 1.165) is 22.1 Å². The van der Waals surface area contributed by atoms with Gasteiger partial charge in [-0.15, -0.1) is 0 Å². The van der Waals surface area contributed by atoms with Gasteiger partial charge in [-0.1, -0.05) is 109 Å². The lowest BCUT2D eigenvalue weighted by Gasteiger charge is -2.15. The second-order valence-corrected chi connectivity index (χ2v) is 10.8. The van der Waals surface area contributed by atoms with Crippen molar-refractivity contribution in [2.75, 3.05) is 11.5 Å². The average molecular weight is 509 g/mol. The predicted molar refractivity (Wildman–Crippen MR) is 174 cm³/mol. The van der Waals surface area contributed by atoms with Crippen molar-refractivity contribution in [2.24, 2.45) is 0 Å². The Hall–Kier alpha value is -5.34. The first kappa shape index (κ1) is 21.6. The normalized spacial score (nSPS) is 12.2. The van der Waals surface area contributed by atoms with Crippen LogP contribution in [0.25, 0.3) is 86.9 Å². The topological polar surface area (TPSA) is 52.0 Å². The molecule has 0 aliphatic heterocycles. The van der Waals surface area contributed by atoms with Crippen LogP contribution < -0.4 is 11.5 Å². The van der Waals surface area contributed by atoms with E-state index in [1.165, 1.54) is 76.1 Å². The molecule has 0 amide bonds. The molecule has 0 radical (unpaired) electrons. The number of rotatable bonds is 2. The molecule has 9 aromatic carbocycles. The zero-order valence-electron chi connectivity index (χ0n) is 21.7. The van der Waals surface area contributed by atoms with E-state index >= 15 is 0 Å². The Kier molecular flexibility index (Phi) is 4.11. The Balaban J connectivity index is 1.72. The highest BCUT2D eigenvalue weighted by molar-refractivity contribution is 6.47. The Morgan fingerprint density at radius 2 is 0.625 bits per heavy atom. The van der Waals surface area contributed by atoms with Crippen LogP contribution in [-0.2, 0) is 0 Å². The minimum atomic E-state index is 0.814. The first-order valence-electron chi connectivity index (χ1n) is 13.7. The molecule has 0 fully saturated rings. The molecular formula is C38H24N2. The van der Waals surface area contributed by atoms with Crippen molar-refractivity contribution >= 4 is 76.0 Å². The second kappa shape index (κ2) is 7.62. The molecule has 9 aromatic rings. The molecule has 2 heteroatoms. The quantitative estimate of drug-likeness (QED) is 0.228. The van der Waals surface area contributed by atoms with Crippen LogP contribution in [0.3, 0.4) is 0 Å². The molecule has 0 heterocycles. The van der Waals surface area contributed by atoms with Gasteiger partial charge in [-0.25, -0.2) is 0 Å². The zero-order valence-corrected chi connectivity index (χ0v) is 21.7. The molecule has 0 bridgehead atoms. The van der Waals surface area contributed by atoms with E-state index in [9.17, 15) is 0 Å². The highest BCUT2D eigenvalue weighted by Crippen LogP contribution is 2.56. The minimum absolute atomic E-state index is 0.814. The molecule has 0 saturated heterocycles. The van der Waals surface area contributed by atoms with Crippen molar-refractivity contribution in [1.29, 1.82) is 0 Å². The Bertz CT molecular complexity index is 2190. The summed E-state index contributed by atoms with van der Waals surface area (Å²) in [4.78, 5) is 0. The zero-order chi connectivity index (χ0) is 26.5. The van der Waals surface area contributed by atoms with E-state index in [1.54, 1.807) is 0 Å². The summed E-state index contributed by atoms with van der Waals surface area (Å²) < 4.78 is 0. The van der Waals surface area contributed by atoms with Gasteiger partial charge in [0.05, 0.1) is 0 Å². The van der Waals surface area contributed by atoms with Crippen molar-refractivity contribution in [3.8, 4) is 22.3 Å². The number of nitrogens with two attached hydrogens (primary N) is 2. The summed E-state index contributed by atoms with van der Waals surface area (Å²) in [5, 5.41) is 14.8. The van der Waals surface area contributed by atoms with Gasteiger partial charge >= 0.3 is 0 Å². The summed E-state index contributed by atoms with van der Waals surface area (Å²) in [5.74, 6) is 0. The van der Waals surface area contributed by atoms with E-state index in [0.29, 0.717) is 0 Å². The smallest absolute Gasteiger partial charge is 0.0394 e. The molecule has 0 aromatic heterocycles. The predicted octanol–water partition coefficient (Wildman–Crippen LogP) is 9.98. The third-order valence-corrected chi connectivity index (χ3v) is 8.85. The van der Waals surface area contributed by atoms with Gasteiger partial charge in [0.2, 0.25) is 0 Å².